The molecule has 182 valence electrons. The summed E-state index contributed by atoms with van der Waals surface area (Å²) < 4.78 is 39.0. The number of nitrogens with zero attached hydrogens (tertiary/aromatic N) is 2. The molecule has 2 aliphatic rings. The molecule has 0 aliphatic carbocycles. The van der Waals surface area contributed by atoms with Gasteiger partial charge in [0.15, 0.2) is 0 Å². The van der Waals surface area contributed by atoms with Gasteiger partial charge >= 0.3 is 6.18 Å². The largest absolute Gasteiger partial charge is 0.416 e. The Morgan fingerprint density at radius 3 is 2.35 bits per heavy atom. The summed E-state index contributed by atoms with van der Waals surface area (Å²) in [6.07, 6.45) is -1.07. The van der Waals surface area contributed by atoms with Crippen molar-refractivity contribution in [3.63, 3.8) is 0 Å². The Morgan fingerprint density at radius 1 is 1.09 bits per heavy atom. The van der Waals surface area contributed by atoms with Crippen molar-refractivity contribution in [2.75, 3.05) is 24.5 Å². The number of amidine groups is 1. The summed E-state index contributed by atoms with van der Waals surface area (Å²) in [7, 11) is 0. The van der Waals surface area contributed by atoms with Crippen LogP contribution in [0.15, 0.2) is 42.5 Å². The van der Waals surface area contributed by atoms with Crippen molar-refractivity contribution in [3.05, 3.63) is 64.7 Å². The molecule has 0 bridgehead atoms. The van der Waals surface area contributed by atoms with Crippen LogP contribution in [0.3, 0.4) is 0 Å². The standard InChI is InChI=1S/C25H30F3N5O/c26-25(27,28)20-5-1-17(2-6-20)15-33-21-14-19(23(30)31)4-3-18(21)13-22(33)24(34)32-11-8-16(7-10-29)9-12-32/h1-6,14,16,22H,7-13,15,29H2,(H3,30,31). The molecule has 1 fully saturated rings. The number of hydrogen-bond acceptors (Lipinski definition) is 4. The number of piperidine rings is 1. The highest BCUT2D eigenvalue weighted by Gasteiger charge is 2.38. The number of nitrogens with two attached hydrogens (primary N) is 2. The van der Waals surface area contributed by atoms with Crippen molar-refractivity contribution in [2.45, 2.75) is 44.4 Å². The maximum atomic E-state index is 13.6. The molecule has 6 nitrogen and oxygen atoms in total. The number of likely N-dealkylation sites (tertiary alicyclic amines) is 1. The Kier molecular flexibility index (Phi) is 6.84. The molecule has 1 unspecified atom stereocenters. The highest BCUT2D eigenvalue weighted by atomic mass is 19.4. The van der Waals surface area contributed by atoms with Gasteiger partial charge in [-0.25, -0.2) is 0 Å². The Morgan fingerprint density at radius 2 is 1.76 bits per heavy atom. The van der Waals surface area contributed by atoms with Gasteiger partial charge in [0.2, 0.25) is 5.91 Å². The van der Waals surface area contributed by atoms with Crippen LogP contribution in [-0.4, -0.2) is 42.3 Å². The summed E-state index contributed by atoms with van der Waals surface area (Å²) >= 11 is 0. The summed E-state index contributed by atoms with van der Waals surface area (Å²) in [5, 5.41) is 7.78. The van der Waals surface area contributed by atoms with Crippen molar-refractivity contribution in [1.82, 2.24) is 4.90 Å². The fourth-order valence-electron chi connectivity index (χ4n) is 4.96. The van der Waals surface area contributed by atoms with Crippen molar-refractivity contribution in [2.24, 2.45) is 17.4 Å². The van der Waals surface area contributed by atoms with Crippen molar-refractivity contribution < 1.29 is 18.0 Å². The summed E-state index contributed by atoms with van der Waals surface area (Å²) in [4.78, 5) is 17.4. The Bertz CT molecular complexity index is 1050. The Hall–Kier alpha value is -3.07. The Balaban J connectivity index is 1.59. The van der Waals surface area contributed by atoms with Crippen molar-refractivity contribution >= 4 is 17.4 Å². The summed E-state index contributed by atoms with van der Waals surface area (Å²) in [5.74, 6) is 0.490. The normalized spacial score (nSPS) is 18.8. The lowest BCUT2D eigenvalue weighted by atomic mass is 9.93. The fourth-order valence-corrected chi connectivity index (χ4v) is 4.96. The lowest BCUT2D eigenvalue weighted by Gasteiger charge is -2.36. The second-order valence-electron chi connectivity index (χ2n) is 9.15. The molecule has 2 aliphatic heterocycles. The van der Waals surface area contributed by atoms with Crippen molar-refractivity contribution in [3.8, 4) is 0 Å². The first kappa shape index (κ1) is 24.1. The van der Waals surface area contributed by atoms with Crippen LogP contribution in [0, 0.1) is 11.3 Å². The topological polar surface area (TPSA) is 99.4 Å². The second kappa shape index (κ2) is 9.66. The molecule has 5 N–H and O–H groups in total. The van der Waals surface area contributed by atoms with Gasteiger partial charge in [-0.05, 0) is 61.1 Å². The van der Waals surface area contributed by atoms with E-state index in [0.717, 1.165) is 42.6 Å². The highest BCUT2D eigenvalue weighted by molar-refractivity contribution is 5.97. The molecule has 0 saturated carbocycles. The third-order valence-corrected chi connectivity index (χ3v) is 6.92. The molecule has 1 amide bonds. The molecule has 2 heterocycles. The van der Waals surface area contributed by atoms with Gasteiger partial charge in [0.1, 0.15) is 11.9 Å². The van der Waals surface area contributed by atoms with Crippen LogP contribution in [0.2, 0.25) is 0 Å². The zero-order valence-electron chi connectivity index (χ0n) is 18.9. The van der Waals surface area contributed by atoms with Crippen LogP contribution in [0.25, 0.3) is 0 Å². The van der Waals surface area contributed by atoms with Crippen LogP contribution in [0.5, 0.6) is 0 Å². The van der Waals surface area contributed by atoms with E-state index in [9.17, 15) is 18.0 Å². The lowest BCUT2D eigenvalue weighted by molar-refractivity contribution is -0.137. The van der Waals surface area contributed by atoms with E-state index in [1.54, 1.807) is 12.1 Å². The van der Waals surface area contributed by atoms with Gasteiger partial charge < -0.3 is 21.3 Å². The third kappa shape index (κ3) is 5.04. The van der Waals surface area contributed by atoms with Gasteiger partial charge in [0.25, 0.3) is 0 Å². The van der Waals surface area contributed by atoms with Crippen LogP contribution in [0.1, 0.15) is 41.5 Å². The molecule has 1 saturated heterocycles. The first-order valence-electron chi connectivity index (χ1n) is 11.6. The number of nitrogen functional groups attached to an aromatic ring is 1. The molecule has 0 spiro atoms. The van der Waals surface area contributed by atoms with E-state index in [1.165, 1.54) is 12.1 Å². The minimum absolute atomic E-state index is 0.0266. The number of amides is 1. The summed E-state index contributed by atoms with van der Waals surface area (Å²) in [6.45, 7) is 2.30. The summed E-state index contributed by atoms with van der Waals surface area (Å²) in [5.41, 5.74) is 13.7. The van der Waals surface area contributed by atoms with Gasteiger partial charge in [-0.3, -0.25) is 10.2 Å². The average molecular weight is 474 g/mol. The van der Waals surface area contributed by atoms with Crippen LogP contribution in [0.4, 0.5) is 18.9 Å². The molecule has 0 radical (unpaired) electrons. The number of halogens is 3. The lowest BCUT2D eigenvalue weighted by Crippen LogP contribution is -2.49. The van der Waals surface area contributed by atoms with E-state index < -0.39 is 17.8 Å². The number of rotatable bonds is 6. The molecule has 0 aromatic heterocycles. The Labute approximate surface area is 197 Å². The summed E-state index contributed by atoms with van der Waals surface area (Å²) in [6, 6.07) is 10.0. The molecule has 9 heteroatoms. The second-order valence-corrected chi connectivity index (χ2v) is 9.15. The number of anilines is 1. The molecular weight excluding hydrogens is 443 g/mol. The number of fused-ring (bicyclic) bond motifs is 1. The first-order valence-corrected chi connectivity index (χ1v) is 11.6. The maximum Gasteiger partial charge on any atom is 0.416 e. The van der Waals surface area contributed by atoms with E-state index in [1.807, 2.05) is 15.9 Å². The number of carbonyl (C=O) groups excluding carboxylic acids is 1. The van der Waals surface area contributed by atoms with E-state index >= 15 is 0 Å². The number of benzene rings is 2. The molecule has 2 aromatic carbocycles. The molecule has 34 heavy (non-hydrogen) atoms. The van der Waals surface area contributed by atoms with Crippen LogP contribution in [-0.2, 0) is 23.9 Å². The SMILES string of the molecule is N=C(N)c1ccc2c(c1)N(Cc1ccc(C(F)(F)F)cc1)C(C(=O)N1CCC(CCN)CC1)C2. The number of hydrogen-bond donors (Lipinski definition) is 3. The predicted molar refractivity (Wildman–Crippen MR) is 126 cm³/mol. The highest BCUT2D eigenvalue weighted by Crippen LogP contribution is 2.36. The minimum Gasteiger partial charge on any atom is -0.384 e. The van der Waals surface area contributed by atoms with Crippen LogP contribution < -0.4 is 16.4 Å². The average Bonchev–Trinajstić information content (AvgIpc) is 3.16. The van der Waals surface area contributed by atoms with Gasteiger partial charge in [-0.2, -0.15) is 13.2 Å². The fraction of sp³-hybridized carbons (Fsp3) is 0.440. The van der Waals surface area contributed by atoms with Crippen molar-refractivity contribution in [1.29, 1.82) is 5.41 Å². The quantitative estimate of drug-likeness (QED) is 0.442. The van der Waals surface area contributed by atoms with Gasteiger partial charge in [-0.1, -0.05) is 24.3 Å². The molecular formula is C25H30F3N5O. The van der Waals surface area contributed by atoms with Crippen LogP contribution >= 0.6 is 0 Å². The minimum atomic E-state index is -4.40. The number of alkyl halides is 3. The molecule has 2 aromatic rings. The smallest absolute Gasteiger partial charge is 0.384 e. The number of nitrogens with one attached hydrogen (secondary N) is 1. The predicted octanol–water partition coefficient (Wildman–Crippen LogP) is 3.51. The maximum absolute atomic E-state index is 13.6. The molecule has 1 atom stereocenters. The van der Waals surface area contributed by atoms with Gasteiger partial charge in [-0.15, -0.1) is 0 Å². The number of carbonyl (C=O) groups is 1. The first-order chi connectivity index (χ1) is 16.2. The van der Waals surface area contributed by atoms with E-state index in [4.69, 9.17) is 16.9 Å². The molecule has 4 rings (SSSR count). The van der Waals surface area contributed by atoms with E-state index in [0.29, 0.717) is 43.1 Å². The van der Waals surface area contributed by atoms with E-state index in [2.05, 4.69) is 0 Å². The zero-order valence-corrected chi connectivity index (χ0v) is 18.9. The van der Waals surface area contributed by atoms with E-state index in [-0.39, 0.29) is 18.3 Å². The third-order valence-electron chi connectivity index (χ3n) is 6.92. The zero-order chi connectivity index (χ0) is 24.5. The monoisotopic (exact) mass is 473 g/mol. The van der Waals surface area contributed by atoms with Gasteiger partial charge in [0.05, 0.1) is 5.56 Å². The van der Waals surface area contributed by atoms with Gasteiger partial charge in [0, 0.05) is 37.3 Å².